The molecule has 2 N–H and O–H groups in total. The van der Waals surface area contributed by atoms with Crippen molar-refractivity contribution in [1.82, 2.24) is 14.9 Å². The zero-order valence-electron chi connectivity index (χ0n) is 14.7. The topological polar surface area (TPSA) is 66.9 Å². The number of carbonyl (C=O) groups excluding carboxylic acids is 1. The largest absolute Gasteiger partial charge is 0.354 e. The Labute approximate surface area is 152 Å². The fraction of sp³-hybridized carbons (Fsp3) is 0.333. The molecule has 0 aliphatic heterocycles. The van der Waals surface area contributed by atoms with Crippen LogP contribution >= 0.6 is 0 Å². The summed E-state index contributed by atoms with van der Waals surface area (Å²) < 4.78 is 1.67. The summed E-state index contributed by atoms with van der Waals surface area (Å²) in [6.07, 6.45) is 2.92. The zero-order valence-corrected chi connectivity index (χ0v) is 14.7. The van der Waals surface area contributed by atoms with Crippen LogP contribution in [0.1, 0.15) is 30.7 Å². The first kappa shape index (κ1) is 16.6. The summed E-state index contributed by atoms with van der Waals surface area (Å²) in [6.45, 7) is 0.917. The van der Waals surface area contributed by atoms with Crippen molar-refractivity contribution < 1.29 is 4.79 Å². The molecule has 5 nitrogen and oxygen atoms in total. The average Bonchev–Trinajstić information content (AvgIpc) is 3.45. The van der Waals surface area contributed by atoms with Crippen LogP contribution in [0.3, 0.4) is 0 Å². The molecule has 1 fully saturated rings. The SMILES string of the molecule is O=C(CC(c1ccccc1)C1CC1)NCCn1c(=O)[nH]c2ccccc21. The van der Waals surface area contributed by atoms with E-state index in [1.807, 2.05) is 42.5 Å². The van der Waals surface area contributed by atoms with Crippen molar-refractivity contribution in [3.63, 3.8) is 0 Å². The Bertz CT molecular complexity index is 954. The lowest BCUT2D eigenvalue weighted by Gasteiger charge is -2.16. The van der Waals surface area contributed by atoms with E-state index in [0.717, 1.165) is 11.0 Å². The second-order valence-corrected chi connectivity index (χ2v) is 7.01. The first-order valence-electron chi connectivity index (χ1n) is 9.21. The van der Waals surface area contributed by atoms with Crippen molar-refractivity contribution in [3.05, 3.63) is 70.6 Å². The molecule has 0 bridgehead atoms. The van der Waals surface area contributed by atoms with Gasteiger partial charge in [0.05, 0.1) is 11.0 Å². The first-order valence-corrected chi connectivity index (χ1v) is 9.21. The number of carbonyl (C=O) groups is 1. The fourth-order valence-corrected chi connectivity index (χ4v) is 3.66. The van der Waals surface area contributed by atoms with Gasteiger partial charge in [-0.05, 0) is 42.4 Å². The van der Waals surface area contributed by atoms with Gasteiger partial charge in [0.2, 0.25) is 5.91 Å². The molecule has 1 amide bonds. The molecule has 1 aliphatic carbocycles. The van der Waals surface area contributed by atoms with Gasteiger partial charge in [-0.15, -0.1) is 0 Å². The highest BCUT2D eigenvalue weighted by molar-refractivity contribution is 5.77. The number of aromatic amines is 1. The van der Waals surface area contributed by atoms with E-state index in [1.54, 1.807) is 4.57 Å². The van der Waals surface area contributed by atoms with Crippen LogP contribution in [0, 0.1) is 5.92 Å². The fourth-order valence-electron chi connectivity index (χ4n) is 3.66. The molecule has 26 heavy (non-hydrogen) atoms. The summed E-state index contributed by atoms with van der Waals surface area (Å²) in [6, 6.07) is 17.9. The van der Waals surface area contributed by atoms with Crippen molar-refractivity contribution >= 4 is 16.9 Å². The maximum absolute atomic E-state index is 12.4. The molecule has 0 saturated heterocycles. The Hall–Kier alpha value is -2.82. The van der Waals surface area contributed by atoms with Crippen LogP contribution in [0.5, 0.6) is 0 Å². The number of nitrogens with zero attached hydrogens (tertiary/aromatic N) is 1. The van der Waals surface area contributed by atoms with E-state index < -0.39 is 0 Å². The molecule has 4 rings (SSSR count). The molecule has 0 spiro atoms. The lowest BCUT2D eigenvalue weighted by atomic mass is 9.91. The van der Waals surface area contributed by atoms with Crippen LogP contribution in [-0.2, 0) is 11.3 Å². The van der Waals surface area contributed by atoms with E-state index in [-0.39, 0.29) is 11.6 Å². The van der Waals surface area contributed by atoms with Crippen molar-refractivity contribution in [2.45, 2.75) is 31.7 Å². The average molecular weight is 349 g/mol. The summed E-state index contributed by atoms with van der Waals surface area (Å²) in [5.74, 6) is 0.977. The molecule has 1 aliphatic rings. The quantitative estimate of drug-likeness (QED) is 0.688. The Morgan fingerprint density at radius 2 is 1.85 bits per heavy atom. The van der Waals surface area contributed by atoms with Crippen molar-refractivity contribution in [2.24, 2.45) is 5.92 Å². The van der Waals surface area contributed by atoms with Crippen LogP contribution < -0.4 is 11.0 Å². The smallest absolute Gasteiger partial charge is 0.326 e. The highest BCUT2D eigenvalue weighted by Gasteiger charge is 2.33. The Kier molecular flexibility index (Phi) is 4.61. The number of benzene rings is 2. The molecule has 2 aromatic carbocycles. The molecule has 1 heterocycles. The number of imidazole rings is 1. The van der Waals surface area contributed by atoms with Gasteiger partial charge >= 0.3 is 5.69 Å². The van der Waals surface area contributed by atoms with Crippen LogP contribution in [0.25, 0.3) is 11.0 Å². The Morgan fingerprint density at radius 3 is 2.62 bits per heavy atom. The summed E-state index contributed by atoms with van der Waals surface area (Å²) in [5.41, 5.74) is 2.80. The van der Waals surface area contributed by atoms with Crippen LogP contribution in [0.4, 0.5) is 0 Å². The summed E-state index contributed by atoms with van der Waals surface area (Å²) in [7, 11) is 0. The maximum atomic E-state index is 12.4. The highest BCUT2D eigenvalue weighted by atomic mass is 16.2. The van der Waals surface area contributed by atoms with Crippen molar-refractivity contribution in [2.75, 3.05) is 6.54 Å². The normalized spacial score (nSPS) is 15.1. The van der Waals surface area contributed by atoms with Crippen LogP contribution in [0.15, 0.2) is 59.4 Å². The third kappa shape index (κ3) is 3.57. The minimum atomic E-state index is -0.138. The summed E-state index contributed by atoms with van der Waals surface area (Å²) >= 11 is 0. The van der Waals surface area contributed by atoms with E-state index in [1.165, 1.54) is 18.4 Å². The van der Waals surface area contributed by atoms with E-state index in [4.69, 9.17) is 0 Å². The molecular formula is C21H23N3O2. The number of para-hydroxylation sites is 2. The van der Waals surface area contributed by atoms with Gasteiger partial charge in [0, 0.05) is 19.5 Å². The van der Waals surface area contributed by atoms with E-state index >= 15 is 0 Å². The number of rotatable bonds is 7. The summed E-state index contributed by atoms with van der Waals surface area (Å²) in [4.78, 5) is 27.3. The highest BCUT2D eigenvalue weighted by Crippen LogP contribution is 2.44. The molecule has 1 unspecified atom stereocenters. The molecular weight excluding hydrogens is 326 g/mol. The van der Waals surface area contributed by atoms with Crippen molar-refractivity contribution in [1.29, 1.82) is 0 Å². The molecule has 1 atom stereocenters. The Morgan fingerprint density at radius 1 is 1.12 bits per heavy atom. The van der Waals surface area contributed by atoms with E-state index in [9.17, 15) is 9.59 Å². The van der Waals surface area contributed by atoms with Crippen LogP contribution in [-0.4, -0.2) is 22.0 Å². The minimum Gasteiger partial charge on any atom is -0.354 e. The number of nitrogens with one attached hydrogen (secondary N) is 2. The van der Waals surface area contributed by atoms with Gasteiger partial charge in [-0.25, -0.2) is 4.79 Å². The molecule has 5 heteroatoms. The van der Waals surface area contributed by atoms with Gasteiger partial charge in [0.25, 0.3) is 0 Å². The first-order chi connectivity index (χ1) is 12.7. The number of hydrogen-bond acceptors (Lipinski definition) is 2. The Balaban J connectivity index is 1.36. The monoisotopic (exact) mass is 349 g/mol. The van der Waals surface area contributed by atoms with Gasteiger partial charge in [-0.2, -0.15) is 0 Å². The van der Waals surface area contributed by atoms with Crippen LogP contribution in [0.2, 0.25) is 0 Å². The second-order valence-electron chi connectivity index (χ2n) is 7.01. The van der Waals surface area contributed by atoms with Gasteiger partial charge in [-0.3, -0.25) is 9.36 Å². The molecule has 134 valence electrons. The third-order valence-electron chi connectivity index (χ3n) is 5.16. The van der Waals surface area contributed by atoms with Gasteiger partial charge < -0.3 is 10.3 Å². The maximum Gasteiger partial charge on any atom is 0.326 e. The predicted molar refractivity (Wildman–Crippen MR) is 102 cm³/mol. The van der Waals surface area contributed by atoms with E-state index in [0.29, 0.717) is 31.3 Å². The number of H-pyrrole nitrogens is 1. The number of fused-ring (bicyclic) bond motifs is 1. The van der Waals surface area contributed by atoms with Gasteiger partial charge in [0.1, 0.15) is 0 Å². The van der Waals surface area contributed by atoms with Crippen molar-refractivity contribution in [3.8, 4) is 0 Å². The number of hydrogen-bond donors (Lipinski definition) is 2. The second kappa shape index (κ2) is 7.20. The number of aromatic nitrogens is 2. The standard InChI is InChI=1S/C21H23N3O2/c25-20(14-17(16-10-11-16)15-6-2-1-3-7-15)22-12-13-24-19-9-5-4-8-18(19)23-21(24)26/h1-9,16-17H,10-14H2,(H,22,25)(H,23,26). The minimum absolute atomic E-state index is 0.0543. The zero-order chi connectivity index (χ0) is 17.9. The summed E-state index contributed by atoms with van der Waals surface area (Å²) in [5, 5.41) is 2.98. The third-order valence-corrected chi connectivity index (χ3v) is 5.16. The number of amides is 1. The predicted octanol–water partition coefficient (Wildman–Crippen LogP) is 3.03. The lowest BCUT2D eigenvalue weighted by Crippen LogP contribution is -2.31. The van der Waals surface area contributed by atoms with Gasteiger partial charge in [-0.1, -0.05) is 42.5 Å². The lowest BCUT2D eigenvalue weighted by molar-refractivity contribution is -0.121. The molecule has 3 aromatic rings. The van der Waals surface area contributed by atoms with Gasteiger partial charge in [0.15, 0.2) is 0 Å². The molecule has 1 saturated carbocycles. The molecule has 1 aromatic heterocycles. The molecule has 0 radical (unpaired) electrons. The van der Waals surface area contributed by atoms with E-state index in [2.05, 4.69) is 22.4 Å².